The highest BCUT2D eigenvalue weighted by atomic mass is 31.2. The van der Waals surface area contributed by atoms with Crippen LogP contribution in [0.3, 0.4) is 0 Å². The summed E-state index contributed by atoms with van der Waals surface area (Å²) in [5, 5.41) is 0. The fourth-order valence-electron chi connectivity index (χ4n) is 4.81. The molecule has 0 amide bonds. The van der Waals surface area contributed by atoms with Crippen LogP contribution >= 0.6 is 16.1 Å². The average Bonchev–Trinajstić information content (AvgIpc) is 3.37. The maximum Gasteiger partial charge on any atom is 0.350 e. The van der Waals surface area contributed by atoms with Crippen molar-refractivity contribution in [3.05, 3.63) is 44.5 Å². The predicted octanol–water partition coefficient (Wildman–Crippen LogP) is 4.28. The number of rotatable bonds is 19. The summed E-state index contributed by atoms with van der Waals surface area (Å²) in [6, 6.07) is 1.02. The molecule has 0 aliphatic carbocycles. The zero-order valence-electron chi connectivity index (χ0n) is 32.1. The molecule has 20 heteroatoms. The molecule has 0 radical (unpaired) electrons. The number of aromatic nitrogens is 2. The van der Waals surface area contributed by atoms with Crippen LogP contribution < -0.4 is 11.2 Å². The number of hydrogen-bond donors (Lipinski definition) is 1. The number of likely N-dealkylation sites (N-methyl/N-ethyl adjacent to an activating group) is 1. The summed E-state index contributed by atoms with van der Waals surface area (Å²) in [7, 11) is -3.27. The Hall–Kier alpha value is -2.55. The van der Waals surface area contributed by atoms with Crippen LogP contribution in [0.25, 0.3) is 4.85 Å². The maximum absolute atomic E-state index is 14.3. The van der Waals surface area contributed by atoms with Gasteiger partial charge < -0.3 is 32.8 Å². The lowest BCUT2D eigenvalue weighted by molar-refractivity contribution is -0.162. The zero-order valence-corrected chi connectivity index (χ0v) is 33.9. The molecule has 1 aliphatic rings. The molecule has 2 heterocycles. The van der Waals surface area contributed by atoms with Gasteiger partial charge in [0, 0.05) is 31.5 Å². The summed E-state index contributed by atoms with van der Waals surface area (Å²) in [5.74, 6) is -1.24. The van der Waals surface area contributed by atoms with Crippen molar-refractivity contribution in [3.63, 3.8) is 0 Å². The van der Waals surface area contributed by atoms with Crippen LogP contribution in [0.5, 0.6) is 0 Å². The third-order valence-corrected chi connectivity index (χ3v) is 11.3. The highest BCUT2D eigenvalue weighted by Gasteiger charge is 2.52. The summed E-state index contributed by atoms with van der Waals surface area (Å²) < 4.78 is 64.0. The molecule has 1 aromatic heterocycles. The number of ether oxygens (including phenoxy) is 4. The Morgan fingerprint density at radius 3 is 2.00 bits per heavy atom. The minimum Gasteiger partial charge on any atom is -0.438 e. The van der Waals surface area contributed by atoms with Gasteiger partial charge in [-0.1, -0.05) is 0 Å². The monoisotopic (exact) mass is 779 g/mol. The van der Waals surface area contributed by atoms with Crippen molar-refractivity contribution in [2.75, 3.05) is 47.2 Å². The van der Waals surface area contributed by atoms with E-state index in [-0.39, 0.29) is 25.2 Å². The Balaban J connectivity index is 2.57. The van der Waals surface area contributed by atoms with Gasteiger partial charge in [-0.05, 0) is 76.3 Å². The number of hydrogen-bond acceptors (Lipinski definition) is 15. The lowest BCUT2D eigenvalue weighted by Crippen LogP contribution is -2.46. The molecule has 2 rings (SSSR count). The van der Waals surface area contributed by atoms with Crippen LogP contribution in [-0.2, 0) is 51.2 Å². The van der Waals surface area contributed by atoms with Crippen LogP contribution in [0.1, 0.15) is 75.5 Å². The van der Waals surface area contributed by atoms with Crippen molar-refractivity contribution in [1.82, 2.24) is 19.1 Å². The summed E-state index contributed by atoms with van der Waals surface area (Å²) in [5.41, 5.74) is -3.16. The number of carbonyl (C=O) groups is 2. The molecule has 1 aromatic rings. The Kier molecular flexibility index (Phi) is 17.3. The van der Waals surface area contributed by atoms with Gasteiger partial charge in [0.25, 0.3) is 14.1 Å². The number of aromatic amines is 1. The quantitative estimate of drug-likeness (QED) is 0.0688. The third-order valence-electron chi connectivity index (χ3n) is 7.36. The highest BCUT2D eigenvalue weighted by Crippen LogP contribution is 2.53. The summed E-state index contributed by atoms with van der Waals surface area (Å²) >= 11 is 0. The molecule has 0 spiro atoms. The molecule has 52 heavy (non-hydrogen) atoms. The molecule has 0 saturated carbocycles. The number of methoxy groups -OCH3 is 1. The lowest BCUT2D eigenvalue weighted by atomic mass is 9.98. The first kappa shape index (κ1) is 45.6. The van der Waals surface area contributed by atoms with Crippen LogP contribution in [0.4, 0.5) is 0 Å². The second-order valence-electron chi connectivity index (χ2n) is 14.6. The van der Waals surface area contributed by atoms with Crippen molar-refractivity contribution in [2.24, 2.45) is 10.8 Å². The molecule has 18 nitrogen and oxygen atoms in total. The average molecular weight is 780 g/mol. The van der Waals surface area contributed by atoms with Gasteiger partial charge in [0.05, 0.1) is 10.8 Å². The van der Waals surface area contributed by atoms with E-state index in [0.717, 1.165) is 10.6 Å². The van der Waals surface area contributed by atoms with Gasteiger partial charge in [-0.25, -0.2) is 16.0 Å². The molecule has 0 bridgehead atoms. The number of esters is 2. The van der Waals surface area contributed by atoms with E-state index in [1.165, 1.54) is 25.3 Å². The molecule has 1 saturated heterocycles. The van der Waals surface area contributed by atoms with Crippen molar-refractivity contribution in [3.8, 4) is 0 Å². The first-order valence-corrected chi connectivity index (χ1v) is 19.6. The van der Waals surface area contributed by atoms with Crippen molar-refractivity contribution in [1.29, 1.82) is 0 Å². The summed E-state index contributed by atoms with van der Waals surface area (Å²) in [4.78, 5) is 56.8. The van der Waals surface area contributed by atoms with Gasteiger partial charge in [-0.2, -0.15) is 0 Å². The van der Waals surface area contributed by atoms with E-state index in [4.69, 9.17) is 43.6 Å². The molecular weight excluding hydrogens is 724 g/mol. The maximum atomic E-state index is 14.3. The fraction of sp³-hybridized carbons (Fsp3) is 0.781. The topological polar surface area (TPSA) is 191 Å². The van der Waals surface area contributed by atoms with E-state index in [9.17, 15) is 23.7 Å². The van der Waals surface area contributed by atoms with Gasteiger partial charge >= 0.3 is 25.2 Å². The van der Waals surface area contributed by atoms with Crippen LogP contribution in [0.2, 0.25) is 0 Å². The van der Waals surface area contributed by atoms with Gasteiger partial charge in [0.2, 0.25) is 20.1 Å². The van der Waals surface area contributed by atoms with Gasteiger partial charge in [-0.15, -0.1) is 0 Å². The number of carbonyl (C=O) groups excluding carboxylic acids is 2. The first-order valence-electron chi connectivity index (χ1n) is 16.7. The molecule has 1 fully saturated rings. The zero-order chi connectivity index (χ0) is 39.6. The molecule has 296 valence electrons. The van der Waals surface area contributed by atoms with Gasteiger partial charge in [0.15, 0.2) is 6.23 Å². The van der Waals surface area contributed by atoms with Crippen LogP contribution in [-0.4, -0.2) is 109 Å². The summed E-state index contributed by atoms with van der Waals surface area (Å²) in [6.07, 6.45) is -3.63. The van der Waals surface area contributed by atoms with E-state index in [2.05, 4.69) is 9.83 Å². The molecule has 1 N–H and O–H groups in total. The predicted molar refractivity (Wildman–Crippen MR) is 191 cm³/mol. The van der Waals surface area contributed by atoms with E-state index < -0.39 is 94.7 Å². The van der Waals surface area contributed by atoms with Crippen LogP contribution in [0, 0.1) is 17.4 Å². The standard InChI is InChI=1S/C32H55N5O13P2/c1-21(2)37(22(3)4)51(46-17-15-33-11)50-25-24(43-13)27(36-16-14-23(38)34-30(36)41)49-26(25)35(12)18-52(42,47-19-44-28(39)31(5,6)7)48-20-45-29(40)32(8,9)10/h14,16,21-22,24-27H,15,17-20H2,1-10,12-13H3,(H,34,38,41)/t24?,25?,26-,27+,51?/m0/s1. The molecule has 0 aromatic carbocycles. The van der Waals surface area contributed by atoms with Crippen LogP contribution in [0.15, 0.2) is 21.9 Å². The third kappa shape index (κ3) is 13.1. The normalized spacial score (nSPS) is 20.4. The van der Waals surface area contributed by atoms with Crippen molar-refractivity contribution >= 4 is 28.1 Å². The second kappa shape index (κ2) is 19.7. The van der Waals surface area contributed by atoms with E-state index in [0.29, 0.717) is 0 Å². The fourth-order valence-corrected chi connectivity index (χ4v) is 7.91. The van der Waals surface area contributed by atoms with E-state index >= 15 is 0 Å². The molecule has 1 aliphatic heterocycles. The van der Waals surface area contributed by atoms with Crippen molar-refractivity contribution < 1.29 is 51.2 Å². The Bertz CT molecular complexity index is 1490. The molecular formula is C32H55N5O13P2. The highest BCUT2D eigenvalue weighted by molar-refractivity contribution is 7.53. The number of nitrogens with zero attached hydrogens (tertiary/aromatic N) is 4. The summed E-state index contributed by atoms with van der Waals surface area (Å²) in [6.45, 7) is 23.6. The Labute approximate surface area is 306 Å². The van der Waals surface area contributed by atoms with Gasteiger partial charge in [-0.3, -0.25) is 42.4 Å². The number of nitrogens with one attached hydrogen (secondary N) is 1. The van der Waals surface area contributed by atoms with E-state index in [1.54, 1.807) is 41.5 Å². The Morgan fingerprint density at radius 2 is 1.56 bits per heavy atom. The largest absolute Gasteiger partial charge is 0.438 e. The number of H-pyrrole nitrogens is 1. The smallest absolute Gasteiger partial charge is 0.350 e. The molecule has 5 atom stereocenters. The van der Waals surface area contributed by atoms with E-state index in [1.807, 2.05) is 32.4 Å². The SMILES string of the molecule is [C-]#[N+]CCOP(OC1C(OC)[C@H](n2ccc(=O)[nH]c2=O)O[C@@H]1N(C)CP(=O)(OCOC(=O)C(C)(C)C)OCOC(=O)C(C)(C)C)N(C(C)C)C(C)C. The molecule has 3 unspecified atom stereocenters. The van der Waals surface area contributed by atoms with Crippen molar-refractivity contribution in [2.45, 2.75) is 106 Å². The lowest BCUT2D eigenvalue weighted by Gasteiger charge is -2.39. The second-order valence-corrected chi connectivity index (χ2v) is 18.0. The first-order chi connectivity index (χ1) is 24.1. The minimum absolute atomic E-state index is 0.0650. The van der Waals surface area contributed by atoms with Gasteiger partial charge in [0.1, 0.15) is 31.3 Å². The Morgan fingerprint density at radius 1 is 1.02 bits per heavy atom. The minimum atomic E-state index is -4.30.